The van der Waals surface area contributed by atoms with E-state index < -0.39 is 11.7 Å². The molecule has 0 radical (unpaired) electrons. The molecule has 0 amide bonds. The van der Waals surface area contributed by atoms with E-state index in [2.05, 4.69) is 21.4 Å². The first-order valence-electron chi connectivity index (χ1n) is 7.51. The minimum absolute atomic E-state index is 0.258. The molecule has 0 spiro atoms. The van der Waals surface area contributed by atoms with E-state index in [0.717, 1.165) is 0 Å². The molecule has 0 saturated carbocycles. The van der Waals surface area contributed by atoms with Crippen LogP contribution in [0.5, 0.6) is 0 Å². The molecule has 6 heteroatoms. The molecule has 1 atom stereocenters. The number of aldehydes is 1. The second kappa shape index (κ2) is 7.32. The molecule has 3 rings (SSSR count). The molecule has 0 aliphatic carbocycles. The molecule has 2 aromatic carbocycles. The third-order valence-corrected chi connectivity index (χ3v) is 3.62. The van der Waals surface area contributed by atoms with Gasteiger partial charge in [0.2, 0.25) is 5.95 Å². The summed E-state index contributed by atoms with van der Waals surface area (Å²) >= 11 is 0. The zero-order valence-corrected chi connectivity index (χ0v) is 13.1. The van der Waals surface area contributed by atoms with Gasteiger partial charge < -0.3 is 10.1 Å². The van der Waals surface area contributed by atoms with Gasteiger partial charge in [0.25, 0.3) is 0 Å². The molecule has 0 saturated heterocycles. The maximum Gasteiger partial charge on any atom is 0.227 e. The Balaban J connectivity index is 1.91. The smallest absolute Gasteiger partial charge is 0.227 e. The highest BCUT2D eigenvalue weighted by molar-refractivity contribution is 5.68. The molecule has 1 unspecified atom stereocenters. The van der Waals surface area contributed by atoms with Crippen LogP contribution in [0, 0.1) is 17.1 Å². The van der Waals surface area contributed by atoms with Gasteiger partial charge in [0, 0.05) is 17.4 Å². The number of nitrogens with one attached hydrogen (secondary N) is 1. The van der Waals surface area contributed by atoms with Crippen molar-refractivity contribution in [2.45, 2.75) is 5.92 Å². The van der Waals surface area contributed by atoms with Gasteiger partial charge >= 0.3 is 0 Å². The Labute approximate surface area is 143 Å². The maximum atomic E-state index is 14.0. The largest absolute Gasteiger partial charge is 0.324 e. The SMILES string of the molecule is N#Cc1cccc(Nc2nccc(C(C=O)c3ccccc3F)n2)c1. The van der Waals surface area contributed by atoms with Gasteiger partial charge in [0.1, 0.15) is 12.1 Å². The molecule has 0 aliphatic heterocycles. The van der Waals surface area contributed by atoms with Crippen molar-refractivity contribution in [3.8, 4) is 6.07 Å². The molecule has 1 heterocycles. The number of carbonyl (C=O) groups is 1. The number of hydrogen-bond donors (Lipinski definition) is 1. The fraction of sp³-hybridized carbons (Fsp3) is 0.0526. The Hall–Kier alpha value is -3.59. The molecule has 3 aromatic rings. The van der Waals surface area contributed by atoms with Crippen molar-refractivity contribution < 1.29 is 9.18 Å². The predicted molar refractivity (Wildman–Crippen MR) is 90.8 cm³/mol. The molecular formula is C19H13FN4O. The average Bonchev–Trinajstić information content (AvgIpc) is 2.64. The first kappa shape index (κ1) is 16.3. The van der Waals surface area contributed by atoms with Crippen LogP contribution in [0.2, 0.25) is 0 Å². The minimum atomic E-state index is -0.824. The first-order chi connectivity index (χ1) is 12.2. The minimum Gasteiger partial charge on any atom is -0.324 e. The number of carbonyl (C=O) groups excluding carboxylic acids is 1. The van der Waals surface area contributed by atoms with E-state index in [1.807, 2.05) is 0 Å². The van der Waals surface area contributed by atoms with Crippen LogP contribution in [0.4, 0.5) is 16.0 Å². The van der Waals surface area contributed by atoms with Crippen LogP contribution in [0.15, 0.2) is 60.8 Å². The maximum absolute atomic E-state index is 14.0. The molecule has 0 bridgehead atoms. The van der Waals surface area contributed by atoms with E-state index in [-0.39, 0.29) is 11.5 Å². The van der Waals surface area contributed by atoms with Crippen molar-refractivity contribution in [3.05, 3.63) is 83.4 Å². The number of benzene rings is 2. The highest BCUT2D eigenvalue weighted by Gasteiger charge is 2.19. The lowest BCUT2D eigenvalue weighted by Gasteiger charge is -2.12. The average molecular weight is 332 g/mol. The highest BCUT2D eigenvalue weighted by Crippen LogP contribution is 2.24. The topological polar surface area (TPSA) is 78.7 Å². The Bertz CT molecular complexity index is 952. The normalized spacial score (nSPS) is 11.4. The lowest BCUT2D eigenvalue weighted by atomic mass is 9.96. The number of rotatable bonds is 5. The summed E-state index contributed by atoms with van der Waals surface area (Å²) in [7, 11) is 0. The van der Waals surface area contributed by atoms with Gasteiger partial charge in [-0.15, -0.1) is 0 Å². The monoisotopic (exact) mass is 332 g/mol. The summed E-state index contributed by atoms with van der Waals surface area (Å²) < 4.78 is 14.0. The van der Waals surface area contributed by atoms with Crippen molar-refractivity contribution in [2.24, 2.45) is 0 Å². The van der Waals surface area contributed by atoms with Crippen molar-refractivity contribution in [1.82, 2.24) is 9.97 Å². The van der Waals surface area contributed by atoms with E-state index in [0.29, 0.717) is 23.2 Å². The Kier molecular flexibility index (Phi) is 4.77. The van der Waals surface area contributed by atoms with Gasteiger partial charge in [0.05, 0.1) is 23.2 Å². The van der Waals surface area contributed by atoms with Crippen LogP contribution in [0.25, 0.3) is 0 Å². The van der Waals surface area contributed by atoms with Crippen LogP contribution < -0.4 is 5.32 Å². The Morgan fingerprint density at radius 2 is 2.00 bits per heavy atom. The van der Waals surface area contributed by atoms with Crippen LogP contribution in [-0.4, -0.2) is 16.3 Å². The van der Waals surface area contributed by atoms with Crippen molar-refractivity contribution in [3.63, 3.8) is 0 Å². The number of aromatic nitrogens is 2. The van der Waals surface area contributed by atoms with E-state index in [4.69, 9.17) is 5.26 Å². The van der Waals surface area contributed by atoms with Crippen molar-refractivity contribution >= 4 is 17.9 Å². The number of hydrogen-bond acceptors (Lipinski definition) is 5. The zero-order valence-electron chi connectivity index (χ0n) is 13.1. The molecule has 25 heavy (non-hydrogen) atoms. The summed E-state index contributed by atoms with van der Waals surface area (Å²) in [6.45, 7) is 0. The zero-order chi connectivity index (χ0) is 17.6. The quantitative estimate of drug-likeness (QED) is 0.723. The Morgan fingerprint density at radius 1 is 1.16 bits per heavy atom. The summed E-state index contributed by atoms with van der Waals surface area (Å²) in [4.78, 5) is 19.9. The highest BCUT2D eigenvalue weighted by atomic mass is 19.1. The van der Waals surface area contributed by atoms with Crippen molar-refractivity contribution in [1.29, 1.82) is 5.26 Å². The van der Waals surface area contributed by atoms with Crippen LogP contribution >= 0.6 is 0 Å². The summed E-state index contributed by atoms with van der Waals surface area (Å²) in [6.07, 6.45) is 2.15. The molecule has 5 nitrogen and oxygen atoms in total. The lowest BCUT2D eigenvalue weighted by Crippen LogP contribution is -2.09. The Morgan fingerprint density at radius 3 is 2.76 bits per heavy atom. The van der Waals surface area contributed by atoms with Crippen LogP contribution in [0.1, 0.15) is 22.7 Å². The molecule has 1 aromatic heterocycles. The van der Waals surface area contributed by atoms with Gasteiger partial charge in [-0.1, -0.05) is 24.3 Å². The number of nitrogens with zero attached hydrogens (tertiary/aromatic N) is 3. The van der Waals surface area contributed by atoms with Crippen LogP contribution in [0.3, 0.4) is 0 Å². The van der Waals surface area contributed by atoms with Gasteiger partial charge in [-0.3, -0.25) is 0 Å². The lowest BCUT2D eigenvalue weighted by molar-refractivity contribution is -0.108. The number of halogens is 1. The van der Waals surface area contributed by atoms with Gasteiger partial charge in [-0.2, -0.15) is 5.26 Å². The molecule has 0 fully saturated rings. The van der Waals surface area contributed by atoms with Crippen molar-refractivity contribution in [2.75, 3.05) is 5.32 Å². The van der Waals surface area contributed by atoms with E-state index in [1.165, 1.54) is 12.3 Å². The predicted octanol–water partition coefficient (Wildman–Crippen LogP) is 3.56. The van der Waals surface area contributed by atoms with E-state index >= 15 is 0 Å². The van der Waals surface area contributed by atoms with Gasteiger partial charge in [-0.25, -0.2) is 14.4 Å². The third kappa shape index (κ3) is 3.67. The second-order valence-electron chi connectivity index (χ2n) is 5.26. The second-order valence-corrected chi connectivity index (χ2v) is 5.26. The first-order valence-corrected chi connectivity index (χ1v) is 7.51. The molecule has 0 aliphatic rings. The van der Waals surface area contributed by atoms with Gasteiger partial charge in [-0.05, 0) is 30.3 Å². The third-order valence-electron chi connectivity index (χ3n) is 3.62. The summed E-state index contributed by atoms with van der Waals surface area (Å²) in [6, 6.07) is 16.6. The molecule has 122 valence electrons. The summed E-state index contributed by atoms with van der Waals surface area (Å²) in [5.74, 6) is -1.03. The molecule has 1 N–H and O–H groups in total. The van der Waals surface area contributed by atoms with E-state index in [9.17, 15) is 9.18 Å². The fourth-order valence-electron chi connectivity index (χ4n) is 2.43. The standard InChI is InChI=1S/C19H13FN4O/c20-17-7-2-1-6-15(17)16(12-25)18-8-9-22-19(24-18)23-14-5-3-4-13(10-14)11-21/h1-10,12,16H,(H,22,23,24). The van der Waals surface area contributed by atoms with Gasteiger partial charge in [0.15, 0.2) is 0 Å². The summed E-state index contributed by atoms with van der Waals surface area (Å²) in [5, 5.41) is 11.9. The summed E-state index contributed by atoms with van der Waals surface area (Å²) in [5.41, 5.74) is 1.78. The van der Waals surface area contributed by atoms with Crippen LogP contribution in [-0.2, 0) is 4.79 Å². The number of anilines is 2. The molecular weight excluding hydrogens is 319 g/mol. The fourth-order valence-corrected chi connectivity index (χ4v) is 2.43. The number of nitriles is 1. The van der Waals surface area contributed by atoms with E-state index in [1.54, 1.807) is 48.5 Å².